The maximum Gasteiger partial charge on any atom is 0.407 e. The predicted octanol–water partition coefficient (Wildman–Crippen LogP) is 1.86. The van der Waals surface area contributed by atoms with Gasteiger partial charge >= 0.3 is 6.09 Å². The van der Waals surface area contributed by atoms with E-state index >= 15 is 0 Å². The smallest absolute Gasteiger partial charge is 0.407 e. The van der Waals surface area contributed by atoms with Crippen molar-refractivity contribution in [1.29, 1.82) is 0 Å². The minimum atomic E-state index is -0.883. The summed E-state index contributed by atoms with van der Waals surface area (Å²) < 4.78 is 0. The molecule has 2 heterocycles. The summed E-state index contributed by atoms with van der Waals surface area (Å²) in [7, 11) is 0. The van der Waals surface area contributed by atoms with Crippen molar-refractivity contribution in [2.45, 2.75) is 43.8 Å². The molecular formula is C17H20ClN3O4. The van der Waals surface area contributed by atoms with Gasteiger partial charge in [0.15, 0.2) is 0 Å². The van der Waals surface area contributed by atoms with Crippen LogP contribution in [-0.2, 0) is 4.79 Å². The first-order chi connectivity index (χ1) is 11.9. The summed E-state index contributed by atoms with van der Waals surface area (Å²) in [5, 5.41) is 15.2. The van der Waals surface area contributed by atoms with E-state index < -0.39 is 6.09 Å². The summed E-state index contributed by atoms with van der Waals surface area (Å²) in [6.45, 7) is -0.125. The van der Waals surface area contributed by atoms with E-state index in [9.17, 15) is 19.5 Å². The molecule has 0 spiro atoms. The Labute approximate surface area is 150 Å². The van der Waals surface area contributed by atoms with Crippen molar-refractivity contribution in [3.8, 4) is 0 Å². The van der Waals surface area contributed by atoms with E-state index in [2.05, 4.69) is 10.6 Å². The second-order valence-corrected chi connectivity index (χ2v) is 6.94. The molecule has 134 valence electrons. The molecule has 8 heteroatoms. The molecule has 25 heavy (non-hydrogen) atoms. The van der Waals surface area contributed by atoms with E-state index in [0.717, 1.165) is 12.8 Å². The second kappa shape index (κ2) is 7.31. The molecule has 2 bridgehead atoms. The zero-order valence-corrected chi connectivity index (χ0v) is 14.3. The van der Waals surface area contributed by atoms with Crippen LogP contribution in [0.1, 0.15) is 36.0 Å². The van der Waals surface area contributed by atoms with Gasteiger partial charge in [-0.25, -0.2) is 4.79 Å². The van der Waals surface area contributed by atoms with Crippen molar-refractivity contribution in [2.75, 3.05) is 6.54 Å². The minimum absolute atomic E-state index is 0.0254. The van der Waals surface area contributed by atoms with Crippen LogP contribution in [0.4, 0.5) is 4.79 Å². The second-order valence-electron chi connectivity index (χ2n) is 6.50. The molecule has 2 fully saturated rings. The first-order valence-electron chi connectivity index (χ1n) is 8.28. The van der Waals surface area contributed by atoms with Gasteiger partial charge in [-0.3, -0.25) is 9.59 Å². The Kier molecular flexibility index (Phi) is 5.13. The summed E-state index contributed by atoms with van der Waals surface area (Å²) in [4.78, 5) is 36.9. The molecule has 2 aliphatic heterocycles. The van der Waals surface area contributed by atoms with Crippen molar-refractivity contribution in [3.05, 3.63) is 34.9 Å². The highest BCUT2D eigenvalue weighted by Gasteiger charge is 2.43. The summed E-state index contributed by atoms with van der Waals surface area (Å²) in [6.07, 6.45) is 2.04. The Balaban J connectivity index is 1.47. The molecular weight excluding hydrogens is 346 g/mol. The van der Waals surface area contributed by atoms with Crippen LogP contribution in [0, 0.1) is 0 Å². The van der Waals surface area contributed by atoms with Crippen LogP contribution >= 0.6 is 11.6 Å². The maximum absolute atomic E-state index is 12.1. The number of carbonyl (C=O) groups is 3. The lowest BCUT2D eigenvalue weighted by Crippen LogP contribution is -2.53. The number of hydrogen-bond donors (Lipinski definition) is 3. The Morgan fingerprint density at radius 2 is 1.88 bits per heavy atom. The molecule has 2 aliphatic rings. The Bertz CT molecular complexity index is 682. The number of halogens is 1. The number of benzene rings is 1. The van der Waals surface area contributed by atoms with Crippen molar-refractivity contribution in [2.24, 2.45) is 0 Å². The summed E-state index contributed by atoms with van der Waals surface area (Å²) >= 11 is 5.84. The number of carboxylic acid groups (broad SMARTS) is 1. The highest BCUT2D eigenvalue weighted by Crippen LogP contribution is 2.35. The van der Waals surface area contributed by atoms with Crippen LogP contribution in [0.5, 0.6) is 0 Å². The Morgan fingerprint density at radius 1 is 1.20 bits per heavy atom. The minimum Gasteiger partial charge on any atom is -0.465 e. The fourth-order valence-corrected chi connectivity index (χ4v) is 3.97. The lowest BCUT2D eigenvalue weighted by atomic mass is 9.98. The maximum atomic E-state index is 12.1. The van der Waals surface area contributed by atoms with Crippen molar-refractivity contribution in [1.82, 2.24) is 15.5 Å². The van der Waals surface area contributed by atoms with Gasteiger partial charge in [0, 0.05) is 28.7 Å². The van der Waals surface area contributed by atoms with Gasteiger partial charge in [0.05, 0.1) is 6.54 Å². The van der Waals surface area contributed by atoms with Crippen LogP contribution < -0.4 is 10.6 Å². The van der Waals surface area contributed by atoms with Crippen LogP contribution in [0.2, 0.25) is 5.02 Å². The topological polar surface area (TPSA) is 98.7 Å². The largest absolute Gasteiger partial charge is 0.465 e. The van der Waals surface area contributed by atoms with Crippen molar-refractivity contribution < 1.29 is 19.5 Å². The monoisotopic (exact) mass is 365 g/mol. The summed E-state index contributed by atoms with van der Waals surface area (Å²) in [5.41, 5.74) is 0.396. The highest BCUT2D eigenvalue weighted by atomic mass is 35.5. The molecule has 2 saturated heterocycles. The lowest BCUT2D eigenvalue weighted by molar-refractivity contribution is -0.121. The van der Waals surface area contributed by atoms with E-state index in [4.69, 9.17) is 11.6 Å². The Morgan fingerprint density at radius 3 is 2.48 bits per heavy atom. The quantitative estimate of drug-likeness (QED) is 0.758. The SMILES string of the molecule is O=C(CNC(=O)c1cccc(Cl)c1)N[C@@H]1C[C@H]2CC[C@@H](C1)N2C(=O)O. The van der Waals surface area contributed by atoms with E-state index in [1.54, 1.807) is 18.2 Å². The van der Waals surface area contributed by atoms with E-state index in [-0.39, 0.29) is 36.5 Å². The van der Waals surface area contributed by atoms with Crippen molar-refractivity contribution >= 4 is 29.5 Å². The number of rotatable bonds is 4. The average Bonchev–Trinajstić information content (AvgIpc) is 2.84. The van der Waals surface area contributed by atoms with Gasteiger partial charge in [-0.05, 0) is 43.9 Å². The third kappa shape index (κ3) is 4.04. The summed E-state index contributed by atoms with van der Waals surface area (Å²) in [5.74, 6) is -0.637. The standard InChI is InChI=1S/C17H20ClN3O4/c18-11-3-1-2-10(6-11)16(23)19-9-15(22)20-12-7-13-4-5-14(8-12)21(13)17(24)25/h1-3,6,12-14H,4-5,7-9H2,(H,19,23)(H,20,22)(H,24,25)/t12-,13-,14+. The molecule has 3 amide bonds. The van der Waals surface area contributed by atoms with Gasteiger partial charge in [-0.1, -0.05) is 17.7 Å². The first-order valence-corrected chi connectivity index (χ1v) is 8.66. The molecule has 1 aromatic rings. The molecule has 0 aromatic heterocycles. The average molecular weight is 366 g/mol. The van der Waals surface area contributed by atoms with E-state index in [1.807, 2.05) is 0 Å². The zero-order chi connectivity index (χ0) is 18.0. The van der Waals surface area contributed by atoms with Gasteiger partial charge in [0.25, 0.3) is 5.91 Å². The first kappa shape index (κ1) is 17.5. The highest BCUT2D eigenvalue weighted by molar-refractivity contribution is 6.30. The molecule has 1 aromatic carbocycles. The number of nitrogens with one attached hydrogen (secondary N) is 2. The predicted molar refractivity (Wildman–Crippen MR) is 91.6 cm³/mol. The fourth-order valence-electron chi connectivity index (χ4n) is 3.78. The summed E-state index contributed by atoms with van der Waals surface area (Å²) in [6, 6.07) is 6.40. The van der Waals surface area contributed by atoms with Gasteiger partial charge in [0.1, 0.15) is 0 Å². The molecule has 3 N–H and O–H groups in total. The Hall–Kier alpha value is -2.28. The van der Waals surface area contributed by atoms with E-state index in [1.165, 1.54) is 11.0 Å². The van der Waals surface area contributed by atoms with Gasteiger partial charge in [-0.2, -0.15) is 0 Å². The number of nitrogens with zero attached hydrogens (tertiary/aromatic N) is 1. The normalized spacial score (nSPS) is 24.7. The zero-order valence-electron chi connectivity index (χ0n) is 13.6. The third-order valence-electron chi connectivity index (χ3n) is 4.82. The van der Waals surface area contributed by atoms with Crippen LogP contribution in [0.3, 0.4) is 0 Å². The molecule has 0 saturated carbocycles. The number of fused-ring (bicyclic) bond motifs is 2. The number of carbonyl (C=O) groups excluding carboxylic acids is 2. The molecule has 3 rings (SSSR count). The van der Waals surface area contributed by atoms with E-state index in [0.29, 0.717) is 23.4 Å². The number of amides is 3. The number of piperidine rings is 1. The van der Waals surface area contributed by atoms with Gasteiger partial charge in [-0.15, -0.1) is 0 Å². The molecule has 0 aliphatic carbocycles. The van der Waals surface area contributed by atoms with Crippen LogP contribution in [0.15, 0.2) is 24.3 Å². The van der Waals surface area contributed by atoms with Gasteiger partial charge < -0.3 is 20.6 Å². The third-order valence-corrected chi connectivity index (χ3v) is 5.05. The fraction of sp³-hybridized carbons (Fsp3) is 0.471. The molecule has 0 unspecified atom stereocenters. The molecule has 3 atom stereocenters. The van der Waals surface area contributed by atoms with Gasteiger partial charge in [0.2, 0.25) is 5.91 Å². The van der Waals surface area contributed by atoms with Crippen molar-refractivity contribution in [3.63, 3.8) is 0 Å². The molecule has 7 nitrogen and oxygen atoms in total. The lowest BCUT2D eigenvalue weighted by Gasteiger charge is -2.37. The number of hydrogen-bond acceptors (Lipinski definition) is 3. The van der Waals surface area contributed by atoms with Crippen LogP contribution in [0.25, 0.3) is 0 Å². The van der Waals surface area contributed by atoms with Crippen LogP contribution in [-0.4, -0.2) is 52.6 Å². The molecule has 0 radical (unpaired) electrons.